The highest BCUT2D eigenvalue weighted by Crippen LogP contribution is 2.46. The predicted molar refractivity (Wildman–Crippen MR) is 65.8 cm³/mol. The van der Waals surface area contributed by atoms with Crippen LogP contribution in [0.4, 0.5) is 0 Å². The van der Waals surface area contributed by atoms with Crippen molar-refractivity contribution >= 4 is 5.84 Å². The molecule has 0 radical (unpaired) electrons. The highest BCUT2D eigenvalue weighted by molar-refractivity contribution is 5.89. The van der Waals surface area contributed by atoms with Crippen LogP contribution >= 0.6 is 0 Å². The second-order valence-corrected chi connectivity index (χ2v) is 6.93. The van der Waals surface area contributed by atoms with Crippen molar-refractivity contribution in [2.75, 3.05) is 0 Å². The molecule has 0 spiro atoms. The SMILES string of the molecule is CC1(C)CCC2(C)CCC(C)(C)N(O)C2=N1. The van der Waals surface area contributed by atoms with Crippen molar-refractivity contribution in [2.24, 2.45) is 10.4 Å². The highest BCUT2D eigenvalue weighted by Gasteiger charge is 2.48. The third kappa shape index (κ3) is 1.75. The van der Waals surface area contributed by atoms with Gasteiger partial charge >= 0.3 is 0 Å². The van der Waals surface area contributed by atoms with Crippen molar-refractivity contribution < 1.29 is 5.21 Å². The Morgan fingerprint density at radius 1 is 1.00 bits per heavy atom. The Hall–Kier alpha value is -0.570. The molecule has 1 fully saturated rings. The fourth-order valence-corrected chi connectivity index (χ4v) is 2.69. The molecule has 0 aromatic rings. The molecule has 3 nitrogen and oxygen atoms in total. The number of amidine groups is 1. The summed E-state index contributed by atoms with van der Waals surface area (Å²) in [5, 5.41) is 11.8. The lowest BCUT2D eigenvalue weighted by molar-refractivity contribution is -0.123. The van der Waals surface area contributed by atoms with E-state index in [9.17, 15) is 5.21 Å². The van der Waals surface area contributed by atoms with Gasteiger partial charge in [-0.2, -0.15) is 0 Å². The van der Waals surface area contributed by atoms with E-state index < -0.39 is 0 Å². The van der Waals surface area contributed by atoms with Crippen molar-refractivity contribution in [3.8, 4) is 0 Å². The molecule has 0 aromatic heterocycles. The largest absolute Gasteiger partial charge is 0.287 e. The maximum absolute atomic E-state index is 10.3. The molecular formula is C13H24N2O. The number of hydroxylamine groups is 2. The van der Waals surface area contributed by atoms with E-state index in [0.29, 0.717) is 0 Å². The Morgan fingerprint density at radius 3 is 2.19 bits per heavy atom. The first-order valence-corrected chi connectivity index (χ1v) is 6.26. The topological polar surface area (TPSA) is 35.8 Å². The van der Waals surface area contributed by atoms with E-state index in [1.54, 1.807) is 0 Å². The Kier molecular flexibility index (Phi) is 2.40. The summed E-state index contributed by atoms with van der Waals surface area (Å²) in [5.41, 5.74) is -0.116. The minimum atomic E-state index is -0.175. The van der Waals surface area contributed by atoms with Gasteiger partial charge in [-0.05, 0) is 53.4 Å². The van der Waals surface area contributed by atoms with Crippen LogP contribution in [0.15, 0.2) is 4.99 Å². The van der Waals surface area contributed by atoms with Gasteiger partial charge in [0.05, 0.1) is 11.1 Å². The monoisotopic (exact) mass is 224 g/mol. The molecule has 16 heavy (non-hydrogen) atoms. The van der Waals surface area contributed by atoms with Crippen LogP contribution in [0.1, 0.15) is 60.3 Å². The van der Waals surface area contributed by atoms with E-state index in [-0.39, 0.29) is 16.5 Å². The lowest BCUT2D eigenvalue weighted by Crippen LogP contribution is -2.58. The molecule has 1 N–H and O–H groups in total. The lowest BCUT2D eigenvalue weighted by Gasteiger charge is -2.52. The minimum absolute atomic E-state index is 0.0246. The molecule has 92 valence electrons. The van der Waals surface area contributed by atoms with Crippen molar-refractivity contribution in [1.82, 2.24) is 5.06 Å². The number of hydrogen-bond donors (Lipinski definition) is 1. The van der Waals surface area contributed by atoms with Crippen LogP contribution in [-0.4, -0.2) is 27.2 Å². The van der Waals surface area contributed by atoms with E-state index >= 15 is 0 Å². The molecule has 1 saturated heterocycles. The quantitative estimate of drug-likeness (QED) is 0.685. The molecule has 0 amide bonds. The number of piperidine rings is 1. The van der Waals surface area contributed by atoms with Crippen molar-refractivity contribution in [2.45, 2.75) is 71.4 Å². The number of rotatable bonds is 0. The first-order valence-electron chi connectivity index (χ1n) is 6.26. The number of nitrogens with zero attached hydrogens (tertiary/aromatic N) is 2. The normalized spacial score (nSPS) is 36.6. The van der Waals surface area contributed by atoms with Gasteiger partial charge in [-0.1, -0.05) is 6.92 Å². The summed E-state index contributed by atoms with van der Waals surface area (Å²) in [6.07, 6.45) is 4.40. The molecule has 0 aliphatic carbocycles. The Bertz CT molecular complexity index is 333. The van der Waals surface area contributed by atoms with E-state index in [4.69, 9.17) is 4.99 Å². The molecule has 3 heteroatoms. The summed E-state index contributed by atoms with van der Waals surface area (Å²) < 4.78 is 0. The van der Waals surface area contributed by atoms with E-state index in [0.717, 1.165) is 31.5 Å². The maximum atomic E-state index is 10.3. The molecule has 2 heterocycles. The van der Waals surface area contributed by atoms with Crippen molar-refractivity contribution in [3.05, 3.63) is 0 Å². The summed E-state index contributed by atoms with van der Waals surface area (Å²) in [4.78, 5) is 4.78. The van der Waals surface area contributed by atoms with Gasteiger partial charge in [-0.15, -0.1) is 0 Å². The average Bonchev–Trinajstić information content (AvgIpc) is 2.17. The Balaban J connectivity index is 2.41. The van der Waals surface area contributed by atoms with Gasteiger partial charge in [-0.3, -0.25) is 10.2 Å². The first kappa shape index (κ1) is 11.9. The molecule has 0 bridgehead atoms. The van der Waals surface area contributed by atoms with E-state index in [1.807, 2.05) is 0 Å². The zero-order valence-corrected chi connectivity index (χ0v) is 11.2. The van der Waals surface area contributed by atoms with Gasteiger partial charge in [0.25, 0.3) is 0 Å². The molecular weight excluding hydrogens is 200 g/mol. The van der Waals surface area contributed by atoms with E-state index in [1.165, 1.54) is 5.06 Å². The van der Waals surface area contributed by atoms with Gasteiger partial charge < -0.3 is 0 Å². The van der Waals surface area contributed by atoms with Gasteiger partial charge in [0.15, 0.2) is 0 Å². The van der Waals surface area contributed by atoms with Crippen molar-refractivity contribution in [3.63, 3.8) is 0 Å². The molecule has 0 saturated carbocycles. The van der Waals surface area contributed by atoms with Crippen LogP contribution in [0.3, 0.4) is 0 Å². The van der Waals surface area contributed by atoms with Crippen LogP contribution in [0.5, 0.6) is 0 Å². The minimum Gasteiger partial charge on any atom is -0.287 e. The number of fused-ring (bicyclic) bond motifs is 1. The second-order valence-electron chi connectivity index (χ2n) is 6.93. The fourth-order valence-electron chi connectivity index (χ4n) is 2.69. The van der Waals surface area contributed by atoms with Crippen LogP contribution in [0.25, 0.3) is 0 Å². The molecule has 1 unspecified atom stereocenters. The molecule has 1 atom stereocenters. The van der Waals surface area contributed by atoms with E-state index in [2.05, 4.69) is 34.6 Å². The fraction of sp³-hybridized carbons (Fsp3) is 0.923. The smallest absolute Gasteiger partial charge is 0.130 e. The highest BCUT2D eigenvalue weighted by atomic mass is 16.5. The van der Waals surface area contributed by atoms with Gasteiger partial charge in [0, 0.05) is 5.41 Å². The summed E-state index contributed by atoms with van der Waals surface area (Å²) in [7, 11) is 0. The zero-order chi connectivity index (χ0) is 12.2. The van der Waals surface area contributed by atoms with Gasteiger partial charge in [-0.25, -0.2) is 5.06 Å². The van der Waals surface area contributed by atoms with Crippen LogP contribution < -0.4 is 0 Å². The summed E-state index contributed by atoms with van der Waals surface area (Å²) >= 11 is 0. The molecule has 2 aliphatic rings. The van der Waals surface area contributed by atoms with Crippen LogP contribution in [0.2, 0.25) is 0 Å². The second kappa shape index (κ2) is 3.22. The van der Waals surface area contributed by atoms with Crippen LogP contribution in [0, 0.1) is 5.41 Å². The number of aliphatic imine (C=N–C) groups is 1. The van der Waals surface area contributed by atoms with Gasteiger partial charge in [0.2, 0.25) is 0 Å². The molecule has 0 aromatic carbocycles. The van der Waals surface area contributed by atoms with Crippen molar-refractivity contribution in [1.29, 1.82) is 0 Å². The standard InChI is InChI=1S/C13H24N2O/c1-11(2)6-8-13(5)9-7-12(3,4)15(16)10(13)14-11/h16H,6-9H2,1-5H3. The summed E-state index contributed by atoms with van der Waals surface area (Å²) in [6, 6.07) is 0. The summed E-state index contributed by atoms with van der Waals surface area (Å²) in [6.45, 7) is 10.7. The predicted octanol–water partition coefficient (Wildman–Crippen LogP) is 3.23. The molecule has 2 aliphatic heterocycles. The first-order chi connectivity index (χ1) is 7.16. The number of hydrogen-bond acceptors (Lipinski definition) is 3. The van der Waals surface area contributed by atoms with Gasteiger partial charge in [0.1, 0.15) is 5.84 Å². The maximum Gasteiger partial charge on any atom is 0.130 e. The lowest BCUT2D eigenvalue weighted by atomic mass is 9.69. The third-order valence-corrected chi connectivity index (χ3v) is 4.30. The Labute approximate surface area is 98.5 Å². The summed E-state index contributed by atoms with van der Waals surface area (Å²) in [5.74, 6) is 0.903. The molecule has 2 rings (SSSR count). The zero-order valence-electron chi connectivity index (χ0n) is 11.2. The Morgan fingerprint density at radius 2 is 1.56 bits per heavy atom. The average molecular weight is 224 g/mol. The third-order valence-electron chi connectivity index (χ3n) is 4.30. The van der Waals surface area contributed by atoms with Crippen LogP contribution in [-0.2, 0) is 0 Å².